The second-order valence-electron chi connectivity index (χ2n) is 6.86. The van der Waals surface area contributed by atoms with E-state index in [-0.39, 0.29) is 5.60 Å². The van der Waals surface area contributed by atoms with Crippen molar-refractivity contribution in [2.75, 3.05) is 0 Å². The molecule has 4 aliphatic carbocycles. The van der Waals surface area contributed by atoms with Crippen molar-refractivity contribution in [1.29, 1.82) is 0 Å². The monoisotopic (exact) mass is 276 g/mol. The maximum Gasteiger partial charge on any atom is 0.221 e. The molecule has 4 saturated carbocycles. The van der Waals surface area contributed by atoms with Crippen LogP contribution in [0, 0.1) is 17.8 Å². The van der Waals surface area contributed by atoms with E-state index < -0.39 is 8.03 Å². The zero-order valence-electron chi connectivity index (χ0n) is 11.2. The molecule has 1 aromatic carbocycles. The summed E-state index contributed by atoms with van der Waals surface area (Å²) < 4.78 is 18.7. The molecule has 0 aromatic heterocycles. The van der Waals surface area contributed by atoms with Crippen molar-refractivity contribution in [2.24, 2.45) is 17.8 Å². The molecule has 0 amide bonds. The van der Waals surface area contributed by atoms with Gasteiger partial charge in [-0.15, -0.1) is 0 Å². The molecular weight excluding hydrogens is 255 g/mol. The molecule has 1 atom stereocenters. The summed E-state index contributed by atoms with van der Waals surface area (Å²) in [5.41, 5.74) is -0.0410. The van der Waals surface area contributed by atoms with Crippen molar-refractivity contribution in [3.8, 4) is 0 Å². The van der Waals surface area contributed by atoms with Crippen LogP contribution in [0.25, 0.3) is 0 Å². The molecular formula is C16H21O2P. The molecule has 4 bridgehead atoms. The third-order valence-corrected chi connectivity index (χ3v) is 6.72. The maximum absolute atomic E-state index is 12.5. The second-order valence-corrected chi connectivity index (χ2v) is 8.21. The third kappa shape index (κ3) is 2.19. The molecule has 102 valence electrons. The molecule has 0 radical (unpaired) electrons. The molecule has 5 rings (SSSR count). The Bertz CT molecular complexity index is 461. The molecule has 0 spiro atoms. The van der Waals surface area contributed by atoms with Crippen LogP contribution in [-0.2, 0) is 9.09 Å². The van der Waals surface area contributed by atoms with E-state index >= 15 is 0 Å². The Balaban J connectivity index is 1.55. The van der Waals surface area contributed by atoms with E-state index in [0.29, 0.717) is 0 Å². The van der Waals surface area contributed by atoms with E-state index in [4.69, 9.17) is 4.52 Å². The Hall–Kier alpha value is -0.590. The van der Waals surface area contributed by atoms with Crippen molar-refractivity contribution in [3.63, 3.8) is 0 Å². The predicted octanol–water partition coefficient (Wildman–Crippen LogP) is 3.77. The SMILES string of the molecule is O=[PH](OC12CC3CC(CC(C3)C1)C2)c1ccccc1. The van der Waals surface area contributed by atoms with Gasteiger partial charge in [-0.05, 0) is 68.4 Å². The van der Waals surface area contributed by atoms with Crippen LogP contribution in [0.2, 0.25) is 0 Å². The minimum absolute atomic E-state index is 0.0410. The molecule has 3 heteroatoms. The Morgan fingerprint density at radius 3 is 2.00 bits per heavy atom. The average molecular weight is 276 g/mol. The van der Waals surface area contributed by atoms with E-state index in [1.54, 1.807) is 0 Å². The second kappa shape index (κ2) is 4.46. The van der Waals surface area contributed by atoms with E-state index in [0.717, 1.165) is 42.3 Å². The number of hydrogen-bond acceptors (Lipinski definition) is 2. The minimum atomic E-state index is -2.08. The third-order valence-electron chi connectivity index (χ3n) is 5.30. The molecule has 1 aromatic rings. The van der Waals surface area contributed by atoms with Gasteiger partial charge in [-0.1, -0.05) is 18.2 Å². The van der Waals surface area contributed by atoms with Crippen LogP contribution < -0.4 is 5.30 Å². The minimum Gasteiger partial charge on any atom is -0.321 e. The van der Waals surface area contributed by atoms with E-state index in [9.17, 15) is 4.57 Å². The quantitative estimate of drug-likeness (QED) is 0.785. The molecule has 1 unspecified atom stereocenters. The van der Waals surface area contributed by atoms with E-state index in [2.05, 4.69) is 0 Å². The summed E-state index contributed by atoms with van der Waals surface area (Å²) >= 11 is 0. The van der Waals surface area contributed by atoms with Crippen LogP contribution in [0.1, 0.15) is 38.5 Å². The molecule has 0 heterocycles. The average Bonchev–Trinajstić information content (AvgIpc) is 2.37. The highest BCUT2D eigenvalue weighted by molar-refractivity contribution is 7.48. The van der Waals surface area contributed by atoms with Gasteiger partial charge in [-0.3, -0.25) is 4.57 Å². The first-order chi connectivity index (χ1) is 9.22. The summed E-state index contributed by atoms with van der Waals surface area (Å²) in [5, 5.41) is 0.878. The standard InChI is InChI=1S/C16H21O2P/c17-19(15-4-2-1-3-5-15)18-16-9-12-6-13(10-16)8-14(7-12)11-16/h1-5,12-14,19H,6-11H2. The van der Waals surface area contributed by atoms with Gasteiger partial charge < -0.3 is 4.52 Å². The fraction of sp³-hybridized carbons (Fsp3) is 0.625. The number of benzene rings is 1. The summed E-state index contributed by atoms with van der Waals surface area (Å²) in [7, 11) is -2.08. The summed E-state index contributed by atoms with van der Waals surface area (Å²) in [6.45, 7) is 0. The van der Waals surface area contributed by atoms with Crippen molar-refractivity contribution in [3.05, 3.63) is 30.3 Å². The summed E-state index contributed by atoms with van der Waals surface area (Å²) in [6.07, 6.45) is 7.66. The lowest BCUT2D eigenvalue weighted by atomic mass is 9.54. The molecule has 0 N–H and O–H groups in total. The van der Waals surface area contributed by atoms with Crippen LogP contribution >= 0.6 is 8.03 Å². The van der Waals surface area contributed by atoms with E-state index in [1.165, 1.54) is 19.3 Å². The van der Waals surface area contributed by atoms with Crippen molar-refractivity contribution in [2.45, 2.75) is 44.1 Å². The van der Waals surface area contributed by atoms with Crippen LogP contribution in [0.3, 0.4) is 0 Å². The predicted molar refractivity (Wildman–Crippen MR) is 77.1 cm³/mol. The van der Waals surface area contributed by atoms with Gasteiger partial charge >= 0.3 is 0 Å². The van der Waals surface area contributed by atoms with Gasteiger partial charge in [-0.25, -0.2) is 0 Å². The highest BCUT2D eigenvalue weighted by Gasteiger charge is 2.52. The molecule has 4 fully saturated rings. The van der Waals surface area contributed by atoms with Gasteiger partial charge in [0.2, 0.25) is 8.03 Å². The Morgan fingerprint density at radius 2 is 1.47 bits per heavy atom. The Labute approximate surface area is 115 Å². The first kappa shape index (κ1) is 12.2. The summed E-state index contributed by atoms with van der Waals surface area (Å²) in [4.78, 5) is 0. The fourth-order valence-corrected chi connectivity index (χ4v) is 6.21. The van der Waals surface area contributed by atoms with Gasteiger partial charge in [0.15, 0.2) is 0 Å². The molecule has 0 saturated heterocycles. The van der Waals surface area contributed by atoms with Crippen LogP contribution in [0.15, 0.2) is 30.3 Å². The fourth-order valence-electron chi connectivity index (χ4n) is 4.99. The van der Waals surface area contributed by atoms with Gasteiger partial charge in [-0.2, -0.15) is 0 Å². The lowest BCUT2D eigenvalue weighted by Crippen LogP contribution is -2.51. The van der Waals surface area contributed by atoms with Gasteiger partial charge in [0.25, 0.3) is 0 Å². The molecule has 2 nitrogen and oxygen atoms in total. The lowest BCUT2D eigenvalue weighted by molar-refractivity contribution is -0.103. The molecule has 0 aliphatic heterocycles. The molecule has 19 heavy (non-hydrogen) atoms. The Kier molecular flexibility index (Phi) is 2.86. The normalized spacial score (nSPS) is 41.4. The zero-order valence-corrected chi connectivity index (χ0v) is 12.2. The largest absolute Gasteiger partial charge is 0.321 e. The summed E-state index contributed by atoms with van der Waals surface area (Å²) in [5.74, 6) is 2.53. The van der Waals surface area contributed by atoms with Crippen molar-refractivity contribution >= 4 is 13.3 Å². The van der Waals surface area contributed by atoms with Crippen LogP contribution in [-0.4, -0.2) is 5.60 Å². The first-order valence-corrected chi connectivity index (χ1v) is 8.82. The summed E-state index contributed by atoms with van der Waals surface area (Å²) in [6, 6.07) is 9.72. The lowest BCUT2D eigenvalue weighted by Gasteiger charge is -2.56. The van der Waals surface area contributed by atoms with Crippen LogP contribution in [0.5, 0.6) is 0 Å². The van der Waals surface area contributed by atoms with Gasteiger partial charge in [0.05, 0.1) is 5.60 Å². The van der Waals surface area contributed by atoms with Crippen molar-refractivity contribution < 1.29 is 9.09 Å². The van der Waals surface area contributed by atoms with Gasteiger partial charge in [0.1, 0.15) is 0 Å². The topological polar surface area (TPSA) is 26.3 Å². The maximum atomic E-state index is 12.5. The van der Waals surface area contributed by atoms with Gasteiger partial charge in [0, 0.05) is 5.30 Å². The highest BCUT2D eigenvalue weighted by atomic mass is 31.1. The smallest absolute Gasteiger partial charge is 0.221 e. The Morgan fingerprint density at radius 1 is 0.947 bits per heavy atom. The zero-order chi connectivity index (χ0) is 12.9. The number of rotatable bonds is 3. The first-order valence-electron chi connectivity index (χ1n) is 7.51. The van der Waals surface area contributed by atoms with Crippen molar-refractivity contribution in [1.82, 2.24) is 0 Å². The highest BCUT2D eigenvalue weighted by Crippen LogP contribution is 2.59. The molecule has 4 aliphatic rings. The van der Waals surface area contributed by atoms with Crippen LogP contribution in [0.4, 0.5) is 0 Å². The number of hydrogen-bond donors (Lipinski definition) is 0. The van der Waals surface area contributed by atoms with E-state index in [1.807, 2.05) is 30.3 Å².